The molecule has 0 spiro atoms. The van der Waals surface area contributed by atoms with Crippen LogP contribution in [0.15, 0.2) is 23.4 Å². The SMILES string of the molecule is Cn1nc(-c2cc(F)c(S(C)(=O)=O)cc2F)c2ncnc(OC3CCNCC3)c21. The summed E-state index contributed by atoms with van der Waals surface area (Å²) in [6.45, 7) is 1.68. The van der Waals surface area contributed by atoms with Gasteiger partial charge in [-0.25, -0.2) is 22.2 Å². The zero-order valence-corrected chi connectivity index (χ0v) is 16.6. The maximum Gasteiger partial charge on any atom is 0.243 e. The van der Waals surface area contributed by atoms with Crippen LogP contribution in [0.1, 0.15) is 12.8 Å². The highest BCUT2D eigenvalue weighted by Gasteiger charge is 2.25. The van der Waals surface area contributed by atoms with E-state index < -0.39 is 26.4 Å². The lowest BCUT2D eigenvalue weighted by Gasteiger charge is -2.23. The van der Waals surface area contributed by atoms with Gasteiger partial charge >= 0.3 is 0 Å². The summed E-state index contributed by atoms with van der Waals surface area (Å²) in [5.74, 6) is -1.65. The summed E-state index contributed by atoms with van der Waals surface area (Å²) in [6, 6.07) is 1.48. The number of aromatic nitrogens is 4. The first-order valence-electron chi connectivity index (χ1n) is 9.00. The molecule has 3 aromatic rings. The van der Waals surface area contributed by atoms with Crippen LogP contribution in [0.25, 0.3) is 22.3 Å². The van der Waals surface area contributed by atoms with Gasteiger partial charge in [-0.1, -0.05) is 0 Å². The van der Waals surface area contributed by atoms with Gasteiger partial charge in [0.05, 0.1) is 0 Å². The molecular weight excluding hydrogens is 404 g/mol. The van der Waals surface area contributed by atoms with Crippen LogP contribution in [0, 0.1) is 11.6 Å². The summed E-state index contributed by atoms with van der Waals surface area (Å²) in [4.78, 5) is 7.67. The van der Waals surface area contributed by atoms with Crippen molar-refractivity contribution < 1.29 is 21.9 Å². The van der Waals surface area contributed by atoms with Crippen LogP contribution in [0.2, 0.25) is 0 Å². The molecule has 8 nitrogen and oxygen atoms in total. The predicted molar refractivity (Wildman–Crippen MR) is 101 cm³/mol. The first-order chi connectivity index (χ1) is 13.8. The number of hydrogen-bond acceptors (Lipinski definition) is 7. The summed E-state index contributed by atoms with van der Waals surface area (Å²) in [5, 5.41) is 7.52. The van der Waals surface area contributed by atoms with E-state index in [1.54, 1.807) is 7.05 Å². The molecule has 0 bridgehead atoms. The second-order valence-electron chi connectivity index (χ2n) is 6.95. The van der Waals surface area contributed by atoms with Gasteiger partial charge in [0.25, 0.3) is 0 Å². The highest BCUT2D eigenvalue weighted by molar-refractivity contribution is 7.90. The second-order valence-corrected chi connectivity index (χ2v) is 8.93. The fourth-order valence-electron chi connectivity index (χ4n) is 3.41. The Labute approximate surface area is 165 Å². The fourth-order valence-corrected chi connectivity index (χ4v) is 4.14. The van der Waals surface area contributed by atoms with E-state index >= 15 is 0 Å². The lowest BCUT2D eigenvalue weighted by Crippen LogP contribution is -2.34. The zero-order valence-electron chi connectivity index (χ0n) is 15.8. The summed E-state index contributed by atoms with van der Waals surface area (Å²) >= 11 is 0. The molecule has 1 aliphatic heterocycles. The van der Waals surface area contributed by atoms with E-state index in [0.29, 0.717) is 17.5 Å². The van der Waals surface area contributed by atoms with E-state index in [0.717, 1.165) is 38.3 Å². The number of ether oxygens (including phenoxy) is 1. The molecule has 0 unspecified atom stereocenters. The number of nitrogens with one attached hydrogen (secondary N) is 1. The Hall–Kier alpha value is -2.66. The van der Waals surface area contributed by atoms with Crippen molar-refractivity contribution in [2.45, 2.75) is 23.8 Å². The Kier molecular flexibility index (Phi) is 4.95. The Morgan fingerprint density at radius 2 is 1.90 bits per heavy atom. The average Bonchev–Trinajstić information content (AvgIpc) is 3.01. The summed E-state index contributed by atoms with van der Waals surface area (Å²) in [7, 11) is -2.28. The molecule has 0 atom stereocenters. The summed E-state index contributed by atoms with van der Waals surface area (Å²) in [5.41, 5.74) is 0.633. The number of benzene rings is 1. The number of fused-ring (bicyclic) bond motifs is 1. The molecule has 3 heterocycles. The van der Waals surface area contributed by atoms with Crippen LogP contribution in [-0.4, -0.2) is 53.6 Å². The van der Waals surface area contributed by atoms with Gasteiger partial charge in [0.2, 0.25) is 5.88 Å². The average molecular weight is 423 g/mol. The number of halogens is 2. The molecule has 0 radical (unpaired) electrons. The lowest BCUT2D eigenvalue weighted by molar-refractivity contribution is 0.157. The minimum atomic E-state index is -3.91. The highest BCUT2D eigenvalue weighted by atomic mass is 32.2. The molecule has 4 rings (SSSR count). The monoisotopic (exact) mass is 423 g/mol. The zero-order chi connectivity index (χ0) is 20.8. The van der Waals surface area contributed by atoms with Crippen molar-refractivity contribution in [1.29, 1.82) is 0 Å². The van der Waals surface area contributed by atoms with Gasteiger partial charge in [0.15, 0.2) is 9.84 Å². The number of aryl methyl sites for hydroxylation is 1. The molecule has 1 N–H and O–H groups in total. The smallest absolute Gasteiger partial charge is 0.243 e. The van der Waals surface area contributed by atoms with E-state index in [1.807, 2.05) is 0 Å². The summed E-state index contributed by atoms with van der Waals surface area (Å²) in [6.07, 6.45) is 3.73. The van der Waals surface area contributed by atoms with Crippen LogP contribution < -0.4 is 10.1 Å². The van der Waals surface area contributed by atoms with Gasteiger partial charge in [-0.3, -0.25) is 4.68 Å². The molecule has 11 heteroatoms. The number of rotatable bonds is 4. The minimum Gasteiger partial charge on any atom is -0.473 e. The molecule has 1 saturated heterocycles. The first-order valence-corrected chi connectivity index (χ1v) is 10.9. The topological polar surface area (TPSA) is 99.0 Å². The van der Waals surface area contributed by atoms with Crippen LogP contribution in [0.5, 0.6) is 5.88 Å². The van der Waals surface area contributed by atoms with Crippen molar-refractivity contribution in [3.8, 4) is 17.1 Å². The normalized spacial score (nSPS) is 15.7. The third-order valence-corrected chi connectivity index (χ3v) is 5.94. The standard InChI is InChI=1S/C18H19F2N5O3S/c1-25-17-16(22-9-23-18(17)28-10-3-5-21-6-4-10)15(24-25)11-7-13(20)14(8-12(11)19)29(2,26)27/h7-10,21H,3-6H2,1-2H3. The van der Waals surface area contributed by atoms with Crippen molar-refractivity contribution in [2.24, 2.45) is 7.05 Å². The molecule has 2 aromatic heterocycles. The number of hydrogen-bond donors (Lipinski definition) is 1. The van der Waals surface area contributed by atoms with Gasteiger partial charge < -0.3 is 10.1 Å². The van der Waals surface area contributed by atoms with Crippen LogP contribution >= 0.6 is 0 Å². The molecule has 0 saturated carbocycles. The second kappa shape index (κ2) is 7.30. The third kappa shape index (κ3) is 3.67. The molecule has 0 amide bonds. The number of nitrogens with zero attached hydrogens (tertiary/aromatic N) is 4. The maximum atomic E-state index is 14.7. The quantitative estimate of drug-likeness (QED) is 0.684. The molecular formula is C18H19F2N5O3S. The number of sulfone groups is 1. The van der Waals surface area contributed by atoms with Crippen LogP contribution in [0.4, 0.5) is 8.78 Å². The van der Waals surface area contributed by atoms with Crippen LogP contribution in [-0.2, 0) is 16.9 Å². The molecule has 154 valence electrons. The van der Waals surface area contributed by atoms with Crippen molar-refractivity contribution >= 4 is 20.9 Å². The Morgan fingerprint density at radius 3 is 2.59 bits per heavy atom. The summed E-state index contributed by atoms with van der Waals surface area (Å²) < 4.78 is 59.8. The lowest BCUT2D eigenvalue weighted by atomic mass is 10.1. The van der Waals surface area contributed by atoms with Crippen molar-refractivity contribution in [3.05, 3.63) is 30.1 Å². The van der Waals surface area contributed by atoms with Gasteiger partial charge in [0.1, 0.15) is 45.7 Å². The Morgan fingerprint density at radius 1 is 1.17 bits per heavy atom. The molecule has 1 aliphatic rings. The minimum absolute atomic E-state index is 0.0177. The van der Waals surface area contributed by atoms with E-state index in [-0.39, 0.29) is 22.9 Å². The van der Waals surface area contributed by atoms with E-state index in [4.69, 9.17) is 4.74 Å². The molecule has 1 aromatic carbocycles. The van der Waals surface area contributed by atoms with Crippen molar-refractivity contribution in [2.75, 3.05) is 19.3 Å². The maximum absolute atomic E-state index is 14.7. The molecule has 0 aliphatic carbocycles. The Bertz CT molecular complexity index is 1190. The fraction of sp³-hybridized carbons (Fsp3) is 0.389. The van der Waals surface area contributed by atoms with Gasteiger partial charge in [0, 0.05) is 18.9 Å². The highest BCUT2D eigenvalue weighted by Crippen LogP contribution is 2.34. The molecule has 29 heavy (non-hydrogen) atoms. The van der Waals surface area contributed by atoms with Crippen LogP contribution in [0.3, 0.4) is 0 Å². The van der Waals surface area contributed by atoms with E-state index in [9.17, 15) is 17.2 Å². The van der Waals surface area contributed by atoms with E-state index in [2.05, 4.69) is 20.4 Å². The third-order valence-electron chi connectivity index (χ3n) is 4.83. The van der Waals surface area contributed by atoms with E-state index in [1.165, 1.54) is 11.0 Å². The van der Waals surface area contributed by atoms with Gasteiger partial charge in [-0.15, -0.1) is 0 Å². The molecule has 1 fully saturated rings. The predicted octanol–water partition coefficient (Wildman–Crippen LogP) is 1.84. The largest absolute Gasteiger partial charge is 0.473 e. The van der Waals surface area contributed by atoms with Crippen molar-refractivity contribution in [1.82, 2.24) is 25.1 Å². The number of piperidine rings is 1. The van der Waals surface area contributed by atoms with Gasteiger partial charge in [-0.05, 0) is 38.1 Å². The van der Waals surface area contributed by atoms with Crippen molar-refractivity contribution in [3.63, 3.8) is 0 Å². The van der Waals surface area contributed by atoms with Gasteiger partial charge in [-0.2, -0.15) is 10.1 Å². The first kappa shape index (κ1) is 19.6. The Balaban J connectivity index is 1.82.